The van der Waals surface area contributed by atoms with E-state index in [-0.39, 0.29) is 40.8 Å². The number of rotatable bonds is 7. The van der Waals surface area contributed by atoms with E-state index in [2.05, 4.69) is 5.32 Å². The molecule has 0 atom stereocenters. The topological polar surface area (TPSA) is 118 Å². The van der Waals surface area contributed by atoms with E-state index in [0.717, 1.165) is 18.2 Å². The summed E-state index contributed by atoms with van der Waals surface area (Å²) in [5, 5.41) is 22.7. The van der Waals surface area contributed by atoms with Crippen LogP contribution in [0.3, 0.4) is 0 Å². The van der Waals surface area contributed by atoms with Crippen LogP contribution in [-0.4, -0.2) is 10.8 Å². The van der Waals surface area contributed by atoms with Crippen molar-refractivity contribution in [3.8, 4) is 11.8 Å². The number of ether oxygens (including phenoxy) is 1. The fourth-order valence-electron chi connectivity index (χ4n) is 2.69. The van der Waals surface area contributed by atoms with E-state index >= 15 is 0 Å². The molecule has 1 N–H and O–H groups in total. The Balaban J connectivity index is 1.69. The SMILES string of the molecule is N#CC(=Cc1ccc(COc2cccc(C(F)(F)F)c2)o1)C(=O)Nc1ccccc1[N+](=O)[O-]. The van der Waals surface area contributed by atoms with Gasteiger partial charge in [0.25, 0.3) is 11.6 Å². The van der Waals surface area contributed by atoms with Crippen LogP contribution in [0.1, 0.15) is 17.1 Å². The first-order chi connectivity index (χ1) is 15.7. The number of amides is 1. The molecule has 0 aliphatic heterocycles. The van der Waals surface area contributed by atoms with Crippen LogP contribution >= 0.6 is 0 Å². The van der Waals surface area contributed by atoms with Crippen LogP contribution in [-0.2, 0) is 17.6 Å². The molecular weight excluding hydrogens is 443 g/mol. The number of benzene rings is 2. The van der Waals surface area contributed by atoms with Crippen LogP contribution in [0.5, 0.6) is 5.75 Å². The second-order valence-corrected chi connectivity index (χ2v) is 6.52. The summed E-state index contributed by atoms with van der Waals surface area (Å²) in [6.07, 6.45) is -3.38. The van der Waals surface area contributed by atoms with Crippen molar-refractivity contribution >= 4 is 23.4 Å². The Morgan fingerprint density at radius 3 is 2.64 bits per heavy atom. The second kappa shape index (κ2) is 9.69. The van der Waals surface area contributed by atoms with Crippen LogP contribution in [0.2, 0.25) is 0 Å². The normalized spacial score (nSPS) is 11.5. The third-order valence-electron chi connectivity index (χ3n) is 4.23. The molecular formula is C22H14F3N3O5. The number of alkyl halides is 3. The lowest BCUT2D eigenvalue weighted by Crippen LogP contribution is -2.14. The number of halogens is 3. The summed E-state index contributed by atoms with van der Waals surface area (Å²) in [5.74, 6) is -0.563. The summed E-state index contributed by atoms with van der Waals surface area (Å²) in [6, 6.07) is 14.4. The van der Waals surface area contributed by atoms with Crippen molar-refractivity contribution in [2.45, 2.75) is 12.8 Å². The van der Waals surface area contributed by atoms with E-state index in [1.165, 1.54) is 48.5 Å². The first-order valence-electron chi connectivity index (χ1n) is 9.22. The van der Waals surface area contributed by atoms with Gasteiger partial charge in [-0.15, -0.1) is 0 Å². The molecule has 0 fully saturated rings. The second-order valence-electron chi connectivity index (χ2n) is 6.52. The van der Waals surface area contributed by atoms with E-state index in [1.54, 1.807) is 6.07 Å². The minimum absolute atomic E-state index is 0.0140. The van der Waals surface area contributed by atoms with Gasteiger partial charge in [0, 0.05) is 12.1 Å². The Labute approximate surface area is 184 Å². The van der Waals surface area contributed by atoms with Gasteiger partial charge in [0.2, 0.25) is 0 Å². The van der Waals surface area contributed by atoms with Gasteiger partial charge in [-0.2, -0.15) is 18.4 Å². The van der Waals surface area contributed by atoms with E-state index < -0.39 is 22.6 Å². The third kappa shape index (κ3) is 5.98. The molecule has 8 nitrogen and oxygen atoms in total. The molecule has 0 aliphatic rings. The van der Waals surface area contributed by atoms with Crippen molar-refractivity contribution in [1.82, 2.24) is 0 Å². The van der Waals surface area contributed by atoms with Gasteiger partial charge in [0.15, 0.2) is 0 Å². The summed E-state index contributed by atoms with van der Waals surface area (Å²) in [5.41, 5.74) is -1.65. The molecule has 0 radical (unpaired) electrons. The van der Waals surface area contributed by atoms with Crippen LogP contribution in [0.25, 0.3) is 6.08 Å². The maximum Gasteiger partial charge on any atom is 0.416 e. The highest BCUT2D eigenvalue weighted by Gasteiger charge is 2.30. The summed E-state index contributed by atoms with van der Waals surface area (Å²) in [6.45, 7) is -0.195. The molecule has 1 heterocycles. The molecule has 3 rings (SSSR count). The first kappa shape index (κ1) is 23.1. The largest absolute Gasteiger partial charge is 0.486 e. The quantitative estimate of drug-likeness (QED) is 0.222. The number of nitriles is 1. The number of hydrogen-bond donors (Lipinski definition) is 1. The average Bonchev–Trinajstić information content (AvgIpc) is 3.23. The zero-order valence-corrected chi connectivity index (χ0v) is 16.6. The maximum absolute atomic E-state index is 12.8. The number of para-hydroxylation sites is 2. The van der Waals surface area contributed by atoms with Crippen LogP contribution in [0.4, 0.5) is 24.5 Å². The number of anilines is 1. The van der Waals surface area contributed by atoms with E-state index in [1.807, 2.05) is 0 Å². The minimum atomic E-state index is -4.50. The fraction of sp³-hybridized carbons (Fsp3) is 0.0909. The van der Waals surface area contributed by atoms with Crippen molar-refractivity contribution in [2.24, 2.45) is 0 Å². The predicted molar refractivity (Wildman–Crippen MR) is 110 cm³/mol. The van der Waals surface area contributed by atoms with Crippen molar-refractivity contribution in [3.05, 3.63) is 93.4 Å². The number of furan rings is 1. The molecule has 0 saturated heterocycles. The Morgan fingerprint density at radius 1 is 1.18 bits per heavy atom. The van der Waals surface area contributed by atoms with Gasteiger partial charge in [0.1, 0.15) is 41.2 Å². The van der Waals surface area contributed by atoms with E-state index in [0.29, 0.717) is 0 Å². The lowest BCUT2D eigenvalue weighted by atomic mass is 10.2. The Bertz CT molecular complexity index is 1260. The van der Waals surface area contributed by atoms with Crippen molar-refractivity contribution in [3.63, 3.8) is 0 Å². The van der Waals surface area contributed by atoms with Gasteiger partial charge in [-0.1, -0.05) is 18.2 Å². The van der Waals surface area contributed by atoms with Gasteiger partial charge in [0.05, 0.1) is 10.5 Å². The van der Waals surface area contributed by atoms with E-state index in [9.17, 15) is 33.3 Å². The molecule has 168 valence electrons. The predicted octanol–water partition coefficient (Wildman–Crippen LogP) is 5.33. The highest BCUT2D eigenvalue weighted by Crippen LogP contribution is 2.31. The standard InChI is InChI=1S/C22H14F3N3O5/c23-22(24,25)15-4-3-5-16(11-15)32-13-18-9-8-17(33-18)10-14(12-26)21(29)27-19-6-1-2-7-20(19)28(30)31/h1-11H,13H2,(H,27,29). The maximum atomic E-state index is 12.8. The third-order valence-corrected chi connectivity index (χ3v) is 4.23. The minimum Gasteiger partial charge on any atom is -0.486 e. The summed E-state index contributed by atoms with van der Waals surface area (Å²) >= 11 is 0. The zero-order valence-electron chi connectivity index (χ0n) is 16.6. The molecule has 0 bridgehead atoms. The summed E-state index contributed by atoms with van der Waals surface area (Å²) in [4.78, 5) is 22.8. The highest BCUT2D eigenvalue weighted by atomic mass is 19.4. The van der Waals surface area contributed by atoms with Gasteiger partial charge in [-0.3, -0.25) is 14.9 Å². The highest BCUT2D eigenvalue weighted by molar-refractivity contribution is 6.10. The number of carbonyl (C=O) groups is 1. The number of nitro groups is 1. The molecule has 0 saturated carbocycles. The molecule has 11 heteroatoms. The summed E-state index contributed by atoms with van der Waals surface area (Å²) < 4.78 is 49.1. The molecule has 2 aromatic carbocycles. The first-order valence-corrected chi connectivity index (χ1v) is 9.22. The van der Waals surface area contributed by atoms with Crippen LogP contribution in [0, 0.1) is 21.4 Å². The molecule has 1 aromatic heterocycles. The van der Waals surface area contributed by atoms with Gasteiger partial charge < -0.3 is 14.5 Å². The number of nitrogens with one attached hydrogen (secondary N) is 1. The number of hydrogen-bond acceptors (Lipinski definition) is 6. The number of nitro benzene ring substituents is 1. The van der Waals surface area contributed by atoms with Gasteiger partial charge in [-0.05, 0) is 36.4 Å². The van der Waals surface area contributed by atoms with Crippen LogP contribution < -0.4 is 10.1 Å². The average molecular weight is 457 g/mol. The zero-order chi connectivity index (χ0) is 24.0. The van der Waals surface area contributed by atoms with Gasteiger partial charge in [-0.25, -0.2) is 0 Å². The van der Waals surface area contributed by atoms with Crippen LogP contribution in [0.15, 0.2) is 70.7 Å². The molecule has 1 amide bonds. The lowest BCUT2D eigenvalue weighted by Gasteiger charge is -2.09. The Kier molecular flexibility index (Phi) is 6.78. The Hall–Kier alpha value is -4.59. The van der Waals surface area contributed by atoms with Crippen molar-refractivity contribution in [1.29, 1.82) is 5.26 Å². The monoisotopic (exact) mass is 457 g/mol. The molecule has 0 aliphatic carbocycles. The fourth-order valence-corrected chi connectivity index (χ4v) is 2.69. The number of carbonyl (C=O) groups excluding carboxylic acids is 1. The molecule has 0 unspecified atom stereocenters. The molecule has 0 spiro atoms. The number of nitrogens with zero attached hydrogens (tertiary/aromatic N) is 2. The Morgan fingerprint density at radius 2 is 1.94 bits per heavy atom. The lowest BCUT2D eigenvalue weighted by molar-refractivity contribution is -0.383. The summed E-state index contributed by atoms with van der Waals surface area (Å²) in [7, 11) is 0. The van der Waals surface area contributed by atoms with Crippen molar-refractivity contribution < 1.29 is 32.0 Å². The van der Waals surface area contributed by atoms with E-state index in [4.69, 9.17) is 9.15 Å². The molecule has 3 aromatic rings. The van der Waals surface area contributed by atoms with Gasteiger partial charge >= 0.3 is 6.18 Å². The smallest absolute Gasteiger partial charge is 0.416 e. The molecule has 33 heavy (non-hydrogen) atoms. The van der Waals surface area contributed by atoms with Crippen molar-refractivity contribution in [2.75, 3.05) is 5.32 Å².